The van der Waals surface area contributed by atoms with Crippen molar-refractivity contribution in [3.8, 4) is 6.07 Å². The third-order valence-electron chi connectivity index (χ3n) is 3.63. The highest BCUT2D eigenvalue weighted by Crippen LogP contribution is 2.30. The van der Waals surface area contributed by atoms with Crippen LogP contribution in [0.5, 0.6) is 0 Å². The largest absolute Gasteiger partial charge is 0.275 e. The van der Waals surface area contributed by atoms with Crippen molar-refractivity contribution in [3.63, 3.8) is 0 Å². The zero-order valence-corrected chi connectivity index (χ0v) is 13.2. The molecule has 0 unspecified atom stereocenters. The van der Waals surface area contributed by atoms with Crippen LogP contribution in [0, 0.1) is 11.3 Å². The van der Waals surface area contributed by atoms with Gasteiger partial charge in [-0.2, -0.15) is 5.26 Å². The van der Waals surface area contributed by atoms with E-state index in [1.54, 1.807) is 11.8 Å². The van der Waals surface area contributed by atoms with E-state index in [0.717, 1.165) is 21.7 Å². The second-order valence-electron chi connectivity index (χ2n) is 4.87. The molecule has 0 aliphatic carbocycles. The van der Waals surface area contributed by atoms with E-state index in [9.17, 15) is 0 Å². The molecule has 1 heterocycles. The lowest BCUT2D eigenvalue weighted by molar-refractivity contribution is -0.884. The molecule has 21 heavy (non-hydrogen) atoms. The Hall–Kier alpha value is -2.12. The maximum Gasteiger partial charge on any atom is 0.230 e. The number of benzene rings is 2. The highest BCUT2D eigenvalue weighted by Gasteiger charge is 2.11. The molecule has 3 nitrogen and oxygen atoms in total. The van der Waals surface area contributed by atoms with Gasteiger partial charge in [-0.15, -0.1) is 0 Å². The number of pyridine rings is 1. The zero-order chi connectivity index (χ0) is 14.8. The third-order valence-corrected chi connectivity index (χ3v) is 4.13. The molecule has 3 aromatic rings. The summed E-state index contributed by atoms with van der Waals surface area (Å²) in [5, 5.41) is 13.5. The molecule has 0 atom stereocenters. The van der Waals surface area contributed by atoms with Crippen LogP contribution in [0.1, 0.15) is 12.0 Å². The molecule has 1 aromatic heterocycles. The second kappa shape index (κ2) is 5.71. The van der Waals surface area contributed by atoms with Gasteiger partial charge in [0.15, 0.2) is 0 Å². The summed E-state index contributed by atoms with van der Waals surface area (Å²) < 4.78 is 2.74. The van der Waals surface area contributed by atoms with Gasteiger partial charge in [0.1, 0.15) is 7.11 Å². The van der Waals surface area contributed by atoms with Gasteiger partial charge in [0.05, 0.1) is 11.5 Å². The van der Waals surface area contributed by atoms with Crippen LogP contribution in [0.2, 0.25) is 0 Å². The van der Waals surface area contributed by atoms with Crippen molar-refractivity contribution in [3.05, 3.63) is 52.8 Å². The first-order valence-electron chi connectivity index (χ1n) is 6.70. The van der Waals surface area contributed by atoms with Gasteiger partial charge < -0.3 is 0 Å². The summed E-state index contributed by atoms with van der Waals surface area (Å²) in [6.07, 6.45) is 5.17. The number of halogens is 1. The lowest BCUT2D eigenvalue weighted by Gasteiger charge is -2.09. The summed E-state index contributed by atoms with van der Waals surface area (Å²) in [5.41, 5.74) is 1.21. The Morgan fingerprint density at radius 2 is 2.05 bits per heavy atom. The number of hydrogen-bond donors (Lipinski definition) is 0. The monoisotopic (exact) mass is 341 g/mol. The number of nitriles is 1. The molecule has 0 N–H and O–H groups in total. The minimum Gasteiger partial charge on any atom is -0.275 e. The van der Waals surface area contributed by atoms with Crippen molar-refractivity contribution >= 4 is 37.5 Å². The number of fused-ring (bicyclic) bond motifs is 3. The van der Waals surface area contributed by atoms with E-state index in [2.05, 4.69) is 40.2 Å². The molecule has 0 aliphatic rings. The molecule has 0 saturated heterocycles. The van der Waals surface area contributed by atoms with Crippen molar-refractivity contribution in [1.82, 2.24) is 0 Å². The fourth-order valence-electron chi connectivity index (χ4n) is 2.64. The first-order chi connectivity index (χ1) is 10.2. The van der Waals surface area contributed by atoms with E-state index >= 15 is 0 Å². The predicted octanol–water partition coefficient (Wildman–Crippen LogP) is 3.56. The zero-order valence-electron chi connectivity index (χ0n) is 11.6. The van der Waals surface area contributed by atoms with Gasteiger partial charge >= 0.3 is 0 Å². The molecule has 104 valence electrons. The Morgan fingerprint density at radius 1 is 1.19 bits per heavy atom. The first-order valence-corrected chi connectivity index (χ1v) is 7.50. The van der Waals surface area contributed by atoms with Gasteiger partial charge in [0.2, 0.25) is 12.4 Å². The third kappa shape index (κ3) is 2.57. The number of aryl methyl sites for hydroxylation is 1. The molecular formula is C17H14BrN2O+. The normalized spacial score (nSPS) is 10.7. The molecule has 0 saturated carbocycles. The van der Waals surface area contributed by atoms with Crippen LogP contribution >= 0.6 is 15.9 Å². The quantitative estimate of drug-likeness (QED) is 0.539. The fourth-order valence-corrected chi connectivity index (χ4v) is 3.00. The van der Waals surface area contributed by atoms with Crippen molar-refractivity contribution < 1.29 is 9.57 Å². The van der Waals surface area contributed by atoms with E-state index in [1.807, 2.05) is 24.5 Å². The number of aromatic nitrogens is 1. The lowest BCUT2D eigenvalue weighted by atomic mass is 9.96. The van der Waals surface area contributed by atoms with Gasteiger partial charge in [0, 0.05) is 21.7 Å². The van der Waals surface area contributed by atoms with E-state index in [-0.39, 0.29) is 0 Å². The smallest absolute Gasteiger partial charge is 0.230 e. The van der Waals surface area contributed by atoms with Gasteiger partial charge in [-0.05, 0) is 40.3 Å². The van der Waals surface area contributed by atoms with E-state index < -0.39 is 0 Å². The molecule has 0 spiro atoms. The minimum atomic E-state index is 0.529. The van der Waals surface area contributed by atoms with Crippen LogP contribution in [0.3, 0.4) is 0 Å². The number of hydrogen-bond acceptors (Lipinski definition) is 2. The lowest BCUT2D eigenvalue weighted by Crippen LogP contribution is -2.39. The Balaban J connectivity index is 2.36. The first kappa shape index (κ1) is 13.8. The maximum absolute atomic E-state index is 8.85. The molecule has 4 heteroatoms. The molecule has 0 bridgehead atoms. The van der Waals surface area contributed by atoms with Crippen LogP contribution in [0.15, 0.2) is 47.2 Å². The van der Waals surface area contributed by atoms with E-state index in [0.29, 0.717) is 6.42 Å². The van der Waals surface area contributed by atoms with E-state index in [1.165, 1.54) is 16.3 Å². The number of nitrogens with zero attached hydrogens (tertiary/aromatic N) is 2. The van der Waals surface area contributed by atoms with Crippen molar-refractivity contribution in [2.45, 2.75) is 12.8 Å². The predicted molar refractivity (Wildman–Crippen MR) is 85.8 cm³/mol. The molecule has 0 radical (unpaired) electrons. The molecular weight excluding hydrogens is 328 g/mol. The van der Waals surface area contributed by atoms with Gasteiger partial charge in [-0.1, -0.05) is 28.1 Å². The van der Waals surface area contributed by atoms with Crippen LogP contribution in [-0.4, -0.2) is 7.11 Å². The maximum atomic E-state index is 8.85. The average molecular weight is 342 g/mol. The molecule has 0 aliphatic heterocycles. The molecule has 2 aromatic carbocycles. The molecule has 0 fully saturated rings. The van der Waals surface area contributed by atoms with E-state index in [4.69, 9.17) is 10.1 Å². The Labute approximate surface area is 131 Å². The highest BCUT2D eigenvalue weighted by molar-refractivity contribution is 9.10. The van der Waals surface area contributed by atoms with Crippen molar-refractivity contribution in [2.75, 3.05) is 7.11 Å². The summed E-state index contributed by atoms with van der Waals surface area (Å²) >= 11 is 3.54. The standard InChI is InChI=1S/C17H14BrN2O/c1-21-20-8-6-13-9-12(3-2-7-19)15-5-4-14(18)10-16(15)17(13)11-20/h4-6,8-11H,2-3H2,1H3/q+1. The summed E-state index contributed by atoms with van der Waals surface area (Å²) in [5.74, 6) is 0. The van der Waals surface area contributed by atoms with Crippen LogP contribution < -0.4 is 9.57 Å². The van der Waals surface area contributed by atoms with Crippen LogP contribution in [-0.2, 0) is 6.42 Å². The Morgan fingerprint density at radius 3 is 2.81 bits per heavy atom. The second-order valence-corrected chi connectivity index (χ2v) is 5.79. The summed E-state index contributed by atoms with van der Waals surface area (Å²) in [4.78, 5) is 5.26. The summed E-state index contributed by atoms with van der Waals surface area (Å²) in [6.45, 7) is 0. The summed E-state index contributed by atoms with van der Waals surface area (Å²) in [6, 6.07) is 12.7. The SMILES string of the molecule is CO[n+]1ccc2cc(CCC#N)c3ccc(Br)cc3c2c1. The average Bonchev–Trinajstić information content (AvgIpc) is 2.52. The Kier molecular flexibility index (Phi) is 3.76. The topological polar surface area (TPSA) is 36.9 Å². The fraction of sp³-hybridized carbons (Fsp3) is 0.176. The highest BCUT2D eigenvalue weighted by atomic mass is 79.9. The summed E-state index contributed by atoms with van der Waals surface area (Å²) in [7, 11) is 1.64. The molecule has 3 rings (SSSR count). The van der Waals surface area contributed by atoms with Crippen molar-refractivity contribution in [2.24, 2.45) is 0 Å². The van der Waals surface area contributed by atoms with Gasteiger partial charge in [0.25, 0.3) is 0 Å². The van der Waals surface area contributed by atoms with Crippen LogP contribution in [0.4, 0.5) is 0 Å². The van der Waals surface area contributed by atoms with Crippen molar-refractivity contribution in [1.29, 1.82) is 5.26 Å². The van der Waals surface area contributed by atoms with Gasteiger partial charge in [-0.3, -0.25) is 4.84 Å². The number of rotatable bonds is 3. The Bertz CT molecular complexity index is 868. The molecule has 0 amide bonds. The van der Waals surface area contributed by atoms with Gasteiger partial charge in [-0.25, -0.2) is 0 Å². The van der Waals surface area contributed by atoms with Crippen LogP contribution in [0.25, 0.3) is 21.5 Å². The minimum absolute atomic E-state index is 0.529.